The molecule has 0 atom stereocenters. The lowest BCUT2D eigenvalue weighted by Gasteiger charge is -2.13. The Kier molecular flexibility index (Phi) is 9.71. The van der Waals surface area contributed by atoms with Crippen molar-refractivity contribution in [1.82, 2.24) is 0 Å². The first-order valence-electron chi connectivity index (χ1n) is 10.2. The number of amides is 2. The van der Waals surface area contributed by atoms with Gasteiger partial charge in [-0.25, -0.2) is 0 Å². The van der Waals surface area contributed by atoms with Gasteiger partial charge >= 0.3 is 0 Å². The van der Waals surface area contributed by atoms with Gasteiger partial charge in [-0.05, 0) is 49.2 Å². The number of hydrogen-bond acceptors (Lipinski definition) is 3. The van der Waals surface area contributed by atoms with E-state index < -0.39 is 0 Å². The molecule has 2 aromatic carbocycles. The summed E-state index contributed by atoms with van der Waals surface area (Å²) in [5.41, 5.74) is 1.73. The van der Waals surface area contributed by atoms with Gasteiger partial charge in [0.05, 0.1) is 12.2 Å². The van der Waals surface area contributed by atoms with E-state index in [1.807, 2.05) is 13.0 Å². The third kappa shape index (κ3) is 7.89. The van der Waals surface area contributed by atoms with Crippen LogP contribution >= 0.6 is 15.9 Å². The van der Waals surface area contributed by atoms with Gasteiger partial charge in [-0.2, -0.15) is 0 Å². The average molecular weight is 461 g/mol. The van der Waals surface area contributed by atoms with Gasteiger partial charge in [0.2, 0.25) is 5.91 Å². The first-order valence-corrected chi connectivity index (χ1v) is 11.0. The van der Waals surface area contributed by atoms with Crippen LogP contribution in [0.25, 0.3) is 0 Å². The van der Waals surface area contributed by atoms with Gasteiger partial charge in [0.25, 0.3) is 5.91 Å². The van der Waals surface area contributed by atoms with Crippen molar-refractivity contribution in [2.45, 2.75) is 52.4 Å². The molecule has 6 heteroatoms. The molecular formula is C23H29BrN2O3. The molecule has 2 N–H and O–H groups in total. The van der Waals surface area contributed by atoms with E-state index in [-0.39, 0.29) is 11.8 Å². The van der Waals surface area contributed by atoms with Crippen molar-refractivity contribution >= 4 is 39.1 Å². The minimum Gasteiger partial charge on any atom is -0.493 e. The maximum Gasteiger partial charge on any atom is 0.259 e. The Morgan fingerprint density at radius 1 is 0.931 bits per heavy atom. The molecule has 2 amide bonds. The van der Waals surface area contributed by atoms with Gasteiger partial charge < -0.3 is 15.4 Å². The summed E-state index contributed by atoms with van der Waals surface area (Å²) in [7, 11) is 0. The Morgan fingerprint density at radius 3 is 2.41 bits per heavy atom. The van der Waals surface area contributed by atoms with Crippen molar-refractivity contribution in [1.29, 1.82) is 0 Å². The maximum absolute atomic E-state index is 12.9. The first kappa shape index (κ1) is 22.9. The van der Waals surface area contributed by atoms with Crippen molar-refractivity contribution in [2.24, 2.45) is 0 Å². The summed E-state index contributed by atoms with van der Waals surface area (Å²) in [5.74, 6) is 0.267. The topological polar surface area (TPSA) is 67.4 Å². The summed E-state index contributed by atoms with van der Waals surface area (Å²) in [6.45, 7) is 4.71. The highest BCUT2D eigenvalue weighted by atomic mass is 79.9. The number of unbranched alkanes of at least 4 members (excludes halogenated alkanes) is 3. The Labute approximate surface area is 181 Å². The van der Waals surface area contributed by atoms with Gasteiger partial charge in [-0.1, -0.05) is 55.1 Å². The molecule has 29 heavy (non-hydrogen) atoms. The van der Waals surface area contributed by atoms with Crippen LogP contribution in [0.2, 0.25) is 0 Å². The second-order valence-corrected chi connectivity index (χ2v) is 7.80. The minimum absolute atomic E-state index is 0.0401. The van der Waals surface area contributed by atoms with Gasteiger partial charge in [0.1, 0.15) is 5.75 Å². The van der Waals surface area contributed by atoms with Gasteiger partial charge in [0.15, 0.2) is 0 Å². The second kappa shape index (κ2) is 12.3. The number of rotatable bonds is 11. The van der Waals surface area contributed by atoms with E-state index in [0.29, 0.717) is 35.7 Å². The highest BCUT2D eigenvalue weighted by molar-refractivity contribution is 9.10. The number of nitrogens with one attached hydrogen (secondary N) is 2. The van der Waals surface area contributed by atoms with Crippen LogP contribution < -0.4 is 15.4 Å². The zero-order valence-corrected chi connectivity index (χ0v) is 18.7. The molecule has 156 valence electrons. The molecule has 0 aliphatic carbocycles. The van der Waals surface area contributed by atoms with Crippen molar-refractivity contribution in [3.05, 3.63) is 52.5 Å². The molecule has 0 fully saturated rings. The van der Waals surface area contributed by atoms with E-state index in [4.69, 9.17) is 4.74 Å². The lowest BCUT2D eigenvalue weighted by molar-refractivity contribution is -0.116. The molecule has 2 rings (SSSR count). The summed E-state index contributed by atoms with van der Waals surface area (Å²) in [5, 5.41) is 5.73. The normalized spacial score (nSPS) is 10.4. The Bertz CT molecular complexity index is 824. The predicted octanol–water partition coefficient (Wildman–Crippen LogP) is 6.40. The molecular weight excluding hydrogens is 432 g/mol. The van der Waals surface area contributed by atoms with Gasteiger partial charge in [-0.15, -0.1) is 0 Å². The molecule has 0 saturated heterocycles. The van der Waals surface area contributed by atoms with Crippen LogP contribution in [0.15, 0.2) is 46.9 Å². The Balaban J connectivity index is 2.06. The van der Waals surface area contributed by atoms with Crippen molar-refractivity contribution in [3.8, 4) is 5.75 Å². The Hall–Kier alpha value is -2.34. The third-order valence-corrected chi connectivity index (χ3v) is 4.82. The molecule has 5 nitrogen and oxygen atoms in total. The minimum atomic E-state index is -0.258. The highest BCUT2D eigenvalue weighted by Gasteiger charge is 2.14. The smallest absolute Gasteiger partial charge is 0.259 e. The molecule has 2 aromatic rings. The SMILES string of the molecule is CCCCCCOc1ccc(Br)cc1C(=O)Nc1cccc(NC(=O)CCC)c1. The summed E-state index contributed by atoms with van der Waals surface area (Å²) >= 11 is 3.42. The van der Waals surface area contributed by atoms with E-state index >= 15 is 0 Å². The number of ether oxygens (including phenoxy) is 1. The number of anilines is 2. The monoisotopic (exact) mass is 460 g/mol. The number of carbonyl (C=O) groups is 2. The van der Waals surface area contributed by atoms with Crippen LogP contribution in [0.5, 0.6) is 5.75 Å². The van der Waals surface area contributed by atoms with Gasteiger partial charge in [0, 0.05) is 22.3 Å². The van der Waals surface area contributed by atoms with Crippen LogP contribution in [0, 0.1) is 0 Å². The molecule has 0 saturated carbocycles. The Morgan fingerprint density at radius 2 is 1.69 bits per heavy atom. The van der Waals surface area contributed by atoms with Gasteiger partial charge in [-0.3, -0.25) is 9.59 Å². The summed E-state index contributed by atoms with van der Waals surface area (Å²) in [6.07, 6.45) is 5.68. The first-order chi connectivity index (χ1) is 14.0. The largest absolute Gasteiger partial charge is 0.493 e. The molecule has 0 aliphatic heterocycles. The van der Waals surface area contributed by atoms with Crippen LogP contribution in [0.3, 0.4) is 0 Å². The quantitative estimate of drug-likeness (QED) is 0.381. The standard InChI is InChI=1S/C23H29BrN2O3/c1-3-5-6-7-14-29-21-13-12-17(24)15-20(21)23(28)26-19-11-8-10-18(16-19)25-22(27)9-4-2/h8,10-13,15-16H,3-7,9,14H2,1-2H3,(H,25,27)(H,26,28). The number of hydrogen-bond donors (Lipinski definition) is 2. The van der Waals surface area contributed by atoms with E-state index in [2.05, 4.69) is 33.5 Å². The lowest BCUT2D eigenvalue weighted by Crippen LogP contribution is -2.15. The zero-order valence-electron chi connectivity index (χ0n) is 17.1. The van der Waals surface area contributed by atoms with Crippen LogP contribution in [-0.2, 0) is 4.79 Å². The van der Waals surface area contributed by atoms with E-state index in [0.717, 1.165) is 23.7 Å². The highest BCUT2D eigenvalue weighted by Crippen LogP contribution is 2.25. The van der Waals surface area contributed by atoms with Crippen molar-refractivity contribution < 1.29 is 14.3 Å². The molecule has 0 unspecified atom stereocenters. The van der Waals surface area contributed by atoms with Crippen molar-refractivity contribution in [2.75, 3.05) is 17.2 Å². The number of carbonyl (C=O) groups excluding carboxylic acids is 2. The van der Waals surface area contributed by atoms with Crippen LogP contribution in [-0.4, -0.2) is 18.4 Å². The summed E-state index contributed by atoms with van der Waals surface area (Å²) in [4.78, 5) is 24.7. The molecule has 0 aromatic heterocycles. The third-order valence-electron chi connectivity index (χ3n) is 4.32. The van der Waals surface area contributed by atoms with Crippen molar-refractivity contribution in [3.63, 3.8) is 0 Å². The van der Waals surface area contributed by atoms with Crippen LogP contribution in [0.4, 0.5) is 11.4 Å². The molecule has 0 heterocycles. The maximum atomic E-state index is 12.9. The fourth-order valence-electron chi connectivity index (χ4n) is 2.84. The summed E-state index contributed by atoms with van der Waals surface area (Å²) < 4.78 is 6.67. The van der Waals surface area contributed by atoms with E-state index in [9.17, 15) is 9.59 Å². The fourth-order valence-corrected chi connectivity index (χ4v) is 3.20. The second-order valence-electron chi connectivity index (χ2n) is 6.88. The molecule has 0 bridgehead atoms. The molecule has 0 aliphatic rings. The summed E-state index contributed by atoms with van der Waals surface area (Å²) in [6, 6.07) is 12.5. The molecule has 0 radical (unpaired) electrons. The number of benzene rings is 2. The zero-order chi connectivity index (χ0) is 21.1. The molecule has 0 spiro atoms. The van der Waals surface area contributed by atoms with E-state index in [1.165, 1.54) is 12.8 Å². The van der Waals surface area contributed by atoms with Crippen LogP contribution in [0.1, 0.15) is 62.7 Å². The van der Waals surface area contributed by atoms with E-state index in [1.54, 1.807) is 36.4 Å². The lowest BCUT2D eigenvalue weighted by atomic mass is 10.1. The predicted molar refractivity (Wildman–Crippen MR) is 122 cm³/mol. The fraction of sp³-hybridized carbons (Fsp3) is 0.391. The average Bonchev–Trinajstić information content (AvgIpc) is 2.69. The number of halogens is 1.